The molecule has 2 rings (SSSR count). The molecule has 2 nitrogen and oxygen atoms in total. The summed E-state index contributed by atoms with van der Waals surface area (Å²) >= 11 is 9.09. The summed E-state index contributed by atoms with van der Waals surface area (Å²) in [6.07, 6.45) is 0. The van der Waals surface area contributed by atoms with Crippen LogP contribution >= 0.6 is 27.5 Å². The van der Waals surface area contributed by atoms with Crippen LogP contribution in [0.1, 0.15) is 17.2 Å². The summed E-state index contributed by atoms with van der Waals surface area (Å²) < 4.78 is 14.8. The maximum atomic E-state index is 13.9. The fraction of sp³-hybridized carbons (Fsp3) is 0.0769. The summed E-state index contributed by atoms with van der Waals surface area (Å²) in [6, 6.07) is 11.7. The van der Waals surface area contributed by atoms with E-state index in [-0.39, 0.29) is 5.82 Å². The van der Waals surface area contributed by atoms with Gasteiger partial charge in [0.2, 0.25) is 0 Å². The minimum atomic E-state index is -0.407. The van der Waals surface area contributed by atoms with Gasteiger partial charge in [-0.1, -0.05) is 45.7 Å². The fourth-order valence-corrected chi connectivity index (χ4v) is 2.18. The van der Waals surface area contributed by atoms with Crippen molar-refractivity contribution in [3.63, 3.8) is 0 Å². The van der Waals surface area contributed by atoms with Gasteiger partial charge in [-0.3, -0.25) is 5.84 Å². The molecule has 2 aromatic carbocycles. The molecule has 1 unspecified atom stereocenters. The highest BCUT2D eigenvalue weighted by Gasteiger charge is 2.16. The Morgan fingerprint density at radius 2 is 1.83 bits per heavy atom. The molecule has 5 heteroatoms. The first kappa shape index (κ1) is 13.5. The number of rotatable bonds is 3. The molecular weight excluding hydrogens is 319 g/mol. The van der Waals surface area contributed by atoms with E-state index in [0.29, 0.717) is 10.6 Å². The van der Waals surface area contributed by atoms with E-state index >= 15 is 0 Å². The third-order valence-corrected chi connectivity index (χ3v) is 3.41. The van der Waals surface area contributed by atoms with Gasteiger partial charge in [-0.15, -0.1) is 0 Å². The minimum absolute atomic E-state index is 0.364. The lowest BCUT2D eigenvalue weighted by Gasteiger charge is -2.17. The summed E-state index contributed by atoms with van der Waals surface area (Å²) in [5.74, 6) is 5.14. The van der Waals surface area contributed by atoms with Gasteiger partial charge in [0.1, 0.15) is 5.82 Å². The molecule has 3 N–H and O–H groups in total. The van der Waals surface area contributed by atoms with E-state index in [1.54, 1.807) is 12.1 Å². The standard InChI is InChI=1S/C13H11BrClFN2/c14-9-3-1-8(2-4-9)13(18-17)11-6-5-10(15)7-12(11)16/h1-7,13,18H,17H2. The molecule has 0 fully saturated rings. The molecule has 0 saturated heterocycles. The summed E-state index contributed by atoms with van der Waals surface area (Å²) in [5.41, 5.74) is 3.96. The van der Waals surface area contributed by atoms with Gasteiger partial charge in [0.05, 0.1) is 6.04 Å². The second-order valence-corrected chi connectivity index (χ2v) is 5.17. The highest BCUT2D eigenvalue weighted by Crippen LogP contribution is 2.26. The van der Waals surface area contributed by atoms with Crippen molar-refractivity contribution in [1.29, 1.82) is 0 Å². The number of hydrogen-bond acceptors (Lipinski definition) is 2. The van der Waals surface area contributed by atoms with Gasteiger partial charge >= 0.3 is 0 Å². The molecular formula is C13H11BrClFN2. The van der Waals surface area contributed by atoms with Gasteiger partial charge in [-0.25, -0.2) is 9.82 Å². The Labute approximate surface area is 118 Å². The molecule has 18 heavy (non-hydrogen) atoms. The lowest BCUT2D eigenvalue weighted by atomic mass is 9.99. The minimum Gasteiger partial charge on any atom is -0.271 e. The normalized spacial score (nSPS) is 12.4. The van der Waals surface area contributed by atoms with E-state index in [4.69, 9.17) is 17.4 Å². The Morgan fingerprint density at radius 1 is 1.17 bits per heavy atom. The van der Waals surface area contributed by atoms with E-state index in [9.17, 15) is 4.39 Å². The first-order valence-corrected chi connectivity index (χ1v) is 6.45. The smallest absolute Gasteiger partial charge is 0.129 e. The highest BCUT2D eigenvalue weighted by molar-refractivity contribution is 9.10. The van der Waals surface area contributed by atoms with E-state index in [1.807, 2.05) is 24.3 Å². The van der Waals surface area contributed by atoms with Crippen LogP contribution in [0, 0.1) is 5.82 Å². The van der Waals surface area contributed by atoms with Crippen molar-refractivity contribution in [3.8, 4) is 0 Å². The van der Waals surface area contributed by atoms with E-state index in [1.165, 1.54) is 6.07 Å². The van der Waals surface area contributed by atoms with Crippen LogP contribution in [0.5, 0.6) is 0 Å². The molecule has 0 aliphatic rings. The lowest BCUT2D eigenvalue weighted by Crippen LogP contribution is -2.29. The van der Waals surface area contributed by atoms with Gasteiger partial charge in [0.25, 0.3) is 0 Å². The molecule has 0 heterocycles. The predicted molar refractivity (Wildman–Crippen MR) is 74.7 cm³/mol. The van der Waals surface area contributed by atoms with Crippen molar-refractivity contribution in [2.24, 2.45) is 5.84 Å². The van der Waals surface area contributed by atoms with Crippen LogP contribution in [-0.2, 0) is 0 Å². The molecule has 0 amide bonds. The summed E-state index contributed by atoms with van der Waals surface area (Å²) in [7, 11) is 0. The molecule has 94 valence electrons. The fourth-order valence-electron chi connectivity index (χ4n) is 1.76. The van der Waals surface area contributed by atoms with Crippen LogP contribution in [0.25, 0.3) is 0 Å². The summed E-state index contributed by atoms with van der Waals surface area (Å²) in [6.45, 7) is 0. The van der Waals surface area contributed by atoms with Gasteiger partial charge in [-0.05, 0) is 29.8 Å². The van der Waals surface area contributed by atoms with Crippen LogP contribution in [0.15, 0.2) is 46.9 Å². The molecule has 0 aliphatic carbocycles. The van der Waals surface area contributed by atoms with Crippen LogP contribution in [0.3, 0.4) is 0 Å². The van der Waals surface area contributed by atoms with Crippen molar-refractivity contribution in [3.05, 3.63) is 68.9 Å². The van der Waals surface area contributed by atoms with Gasteiger partial charge in [-0.2, -0.15) is 0 Å². The number of nitrogens with one attached hydrogen (secondary N) is 1. The Morgan fingerprint density at radius 3 is 2.39 bits per heavy atom. The van der Waals surface area contributed by atoms with Crippen LogP contribution in [-0.4, -0.2) is 0 Å². The van der Waals surface area contributed by atoms with Crippen molar-refractivity contribution >= 4 is 27.5 Å². The Bertz CT molecular complexity index is 545. The Kier molecular flexibility index (Phi) is 4.35. The molecule has 0 spiro atoms. The number of hydrogen-bond donors (Lipinski definition) is 2. The van der Waals surface area contributed by atoms with E-state index in [2.05, 4.69) is 21.4 Å². The topological polar surface area (TPSA) is 38.0 Å². The summed E-state index contributed by atoms with van der Waals surface area (Å²) in [4.78, 5) is 0. The van der Waals surface area contributed by atoms with Gasteiger partial charge in [0, 0.05) is 15.1 Å². The lowest BCUT2D eigenvalue weighted by molar-refractivity contribution is 0.560. The van der Waals surface area contributed by atoms with E-state index in [0.717, 1.165) is 10.0 Å². The summed E-state index contributed by atoms with van der Waals surface area (Å²) in [5, 5.41) is 0.364. The zero-order chi connectivity index (χ0) is 13.1. The predicted octanol–water partition coefficient (Wildman–Crippen LogP) is 3.79. The highest BCUT2D eigenvalue weighted by atomic mass is 79.9. The van der Waals surface area contributed by atoms with Crippen molar-refractivity contribution in [2.75, 3.05) is 0 Å². The largest absolute Gasteiger partial charge is 0.271 e. The van der Waals surface area contributed by atoms with Crippen LogP contribution < -0.4 is 11.3 Å². The first-order chi connectivity index (χ1) is 8.61. The van der Waals surface area contributed by atoms with Crippen molar-refractivity contribution in [2.45, 2.75) is 6.04 Å². The molecule has 0 bridgehead atoms. The maximum absolute atomic E-state index is 13.9. The molecule has 0 aromatic heterocycles. The molecule has 0 saturated carbocycles. The van der Waals surface area contributed by atoms with Crippen LogP contribution in [0.4, 0.5) is 4.39 Å². The number of benzene rings is 2. The third kappa shape index (κ3) is 2.90. The second kappa shape index (κ2) is 5.80. The number of halogens is 3. The monoisotopic (exact) mass is 328 g/mol. The average Bonchev–Trinajstić information content (AvgIpc) is 2.35. The molecule has 0 radical (unpaired) electrons. The Balaban J connectivity index is 2.41. The second-order valence-electron chi connectivity index (χ2n) is 3.82. The molecule has 1 atom stereocenters. The maximum Gasteiger partial charge on any atom is 0.129 e. The number of hydrazine groups is 1. The van der Waals surface area contributed by atoms with E-state index < -0.39 is 6.04 Å². The van der Waals surface area contributed by atoms with Gasteiger partial charge in [0.15, 0.2) is 0 Å². The molecule has 0 aliphatic heterocycles. The zero-order valence-electron chi connectivity index (χ0n) is 9.33. The molecule has 2 aromatic rings. The average molecular weight is 330 g/mol. The third-order valence-electron chi connectivity index (χ3n) is 2.64. The SMILES string of the molecule is NNC(c1ccc(Br)cc1)c1ccc(Cl)cc1F. The Hall–Kier alpha value is -0.940. The van der Waals surface area contributed by atoms with Crippen molar-refractivity contribution < 1.29 is 4.39 Å². The quantitative estimate of drug-likeness (QED) is 0.664. The van der Waals surface area contributed by atoms with Gasteiger partial charge < -0.3 is 0 Å². The van der Waals surface area contributed by atoms with Crippen LogP contribution in [0.2, 0.25) is 5.02 Å². The van der Waals surface area contributed by atoms with Crippen molar-refractivity contribution in [1.82, 2.24) is 5.43 Å². The number of nitrogens with two attached hydrogens (primary N) is 1. The zero-order valence-corrected chi connectivity index (χ0v) is 11.7. The first-order valence-electron chi connectivity index (χ1n) is 5.28.